The molecule has 0 aromatic carbocycles. The molecule has 0 bridgehead atoms. The Hall–Kier alpha value is -0.830. The minimum absolute atomic E-state index is 0.0770. The molecule has 0 radical (unpaired) electrons. The first kappa shape index (κ1) is 13.6. The van der Waals surface area contributed by atoms with E-state index in [9.17, 15) is 5.11 Å². The largest absolute Gasteiger partial charge is 0.393 e. The molecule has 0 aliphatic heterocycles. The number of aliphatic hydroxyl groups is 1. The van der Waals surface area contributed by atoms with E-state index in [1.54, 1.807) is 0 Å². The zero-order chi connectivity index (χ0) is 13.7. The molecule has 1 aliphatic rings. The van der Waals surface area contributed by atoms with Crippen molar-refractivity contribution < 1.29 is 5.11 Å². The maximum Gasteiger partial charge on any atom is 0.0681 e. The van der Waals surface area contributed by atoms with E-state index in [0.29, 0.717) is 6.04 Å². The predicted octanol–water partition coefficient (Wildman–Crippen LogP) is 3.17. The van der Waals surface area contributed by atoms with Gasteiger partial charge in [0.15, 0.2) is 0 Å². The van der Waals surface area contributed by atoms with Gasteiger partial charge in [0.05, 0.1) is 17.8 Å². The molecule has 0 atom stereocenters. The Balaban J connectivity index is 2.40. The van der Waals surface area contributed by atoms with Gasteiger partial charge >= 0.3 is 0 Å². The lowest BCUT2D eigenvalue weighted by Gasteiger charge is -2.35. The molecular weight excluding hydrogens is 224 g/mol. The highest BCUT2D eigenvalue weighted by Crippen LogP contribution is 2.37. The van der Waals surface area contributed by atoms with E-state index in [4.69, 9.17) is 5.10 Å². The summed E-state index contributed by atoms with van der Waals surface area (Å²) in [5.74, 6) is 0. The normalized spacial score (nSPS) is 25.1. The first-order valence-electron chi connectivity index (χ1n) is 6.87. The highest BCUT2D eigenvalue weighted by atomic mass is 16.3. The molecule has 1 aliphatic carbocycles. The van der Waals surface area contributed by atoms with E-state index in [1.165, 1.54) is 5.69 Å². The fourth-order valence-corrected chi connectivity index (χ4v) is 2.36. The second kappa shape index (κ2) is 4.09. The van der Waals surface area contributed by atoms with E-state index in [1.807, 2.05) is 0 Å². The number of hydrogen-bond acceptors (Lipinski definition) is 2. The molecule has 0 unspecified atom stereocenters. The Morgan fingerprint density at radius 3 is 2.06 bits per heavy atom. The minimum atomic E-state index is -0.134. The van der Waals surface area contributed by atoms with E-state index in [0.717, 1.165) is 18.5 Å². The van der Waals surface area contributed by atoms with Crippen LogP contribution in [0, 0.1) is 0 Å². The number of aromatic nitrogens is 2. The molecule has 18 heavy (non-hydrogen) atoms. The van der Waals surface area contributed by atoms with E-state index < -0.39 is 0 Å². The molecule has 1 N–H and O–H groups in total. The molecule has 1 saturated carbocycles. The topological polar surface area (TPSA) is 38.0 Å². The van der Waals surface area contributed by atoms with Crippen molar-refractivity contribution in [2.24, 2.45) is 0 Å². The van der Waals surface area contributed by atoms with Crippen LogP contribution in [0.4, 0.5) is 0 Å². The van der Waals surface area contributed by atoms with Crippen LogP contribution in [0.1, 0.15) is 71.8 Å². The van der Waals surface area contributed by atoms with Crippen molar-refractivity contribution in [2.75, 3.05) is 0 Å². The zero-order valence-corrected chi connectivity index (χ0v) is 12.5. The Bertz CT molecular complexity index is 428. The molecule has 1 aromatic heterocycles. The van der Waals surface area contributed by atoms with Gasteiger partial charge in [0.1, 0.15) is 0 Å². The third kappa shape index (κ3) is 2.46. The van der Waals surface area contributed by atoms with Crippen molar-refractivity contribution in [3.63, 3.8) is 0 Å². The van der Waals surface area contributed by atoms with Gasteiger partial charge in [-0.15, -0.1) is 0 Å². The number of hydrogen-bond donors (Lipinski definition) is 1. The second-order valence-electron chi connectivity index (χ2n) is 7.64. The summed E-state index contributed by atoms with van der Waals surface area (Å²) in [7, 11) is 0. The first-order valence-corrected chi connectivity index (χ1v) is 6.87. The Morgan fingerprint density at radius 2 is 1.67 bits per heavy atom. The molecule has 102 valence electrons. The molecule has 0 saturated heterocycles. The summed E-state index contributed by atoms with van der Waals surface area (Å²) in [6, 6.07) is 2.62. The standard InChI is InChI=1S/C15H26N2O/c1-14(2,3)12-9-13(15(4,5)6)17(16-12)10-7-11(18)8-10/h9-11,18H,7-8H2,1-6H3. The third-order valence-electron chi connectivity index (χ3n) is 3.71. The van der Waals surface area contributed by atoms with Crippen LogP contribution >= 0.6 is 0 Å². The monoisotopic (exact) mass is 250 g/mol. The zero-order valence-electron chi connectivity index (χ0n) is 12.5. The molecule has 2 rings (SSSR count). The van der Waals surface area contributed by atoms with Crippen LogP contribution in [0.15, 0.2) is 6.07 Å². The lowest BCUT2D eigenvalue weighted by Crippen LogP contribution is -2.34. The summed E-state index contributed by atoms with van der Waals surface area (Å²) in [4.78, 5) is 0. The fraction of sp³-hybridized carbons (Fsp3) is 0.800. The van der Waals surface area contributed by atoms with Crippen molar-refractivity contribution in [2.45, 2.75) is 77.4 Å². The summed E-state index contributed by atoms with van der Waals surface area (Å²) in [6.07, 6.45) is 1.55. The Morgan fingerprint density at radius 1 is 1.11 bits per heavy atom. The summed E-state index contributed by atoms with van der Waals surface area (Å²) in [6.45, 7) is 13.3. The molecule has 0 amide bonds. The van der Waals surface area contributed by atoms with Crippen molar-refractivity contribution in [3.05, 3.63) is 17.5 Å². The fourth-order valence-electron chi connectivity index (χ4n) is 2.36. The van der Waals surface area contributed by atoms with Gasteiger partial charge in [0.2, 0.25) is 0 Å². The van der Waals surface area contributed by atoms with Crippen molar-refractivity contribution in [1.29, 1.82) is 0 Å². The van der Waals surface area contributed by atoms with E-state index in [2.05, 4.69) is 52.3 Å². The Kier molecular flexibility index (Phi) is 3.09. The van der Waals surface area contributed by atoms with Gasteiger partial charge < -0.3 is 5.11 Å². The molecule has 1 fully saturated rings. The SMILES string of the molecule is CC(C)(C)c1cc(C(C)(C)C)n(C2CC(O)C2)n1. The molecule has 0 spiro atoms. The van der Waals surface area contributed by atoms with E-state index >= 15 is 0 Å². The number of aliphatic hydroxyl groups excluding tert-OH is 1. The van der Waals surface area contributed by atoms with Gasteiger partial charge in [0.25, 0.3) is 0 Å². The lowest BCUT2D eigenvalue weighted by molar-refractivity contribution is 0.0407. The third-order valence-corrected chi connectivity index (χ3v) is 3.71. The van der Waals surface area contributed by atoms with Gasteiger partial charge in [-0.25, -0.2) is 0 Å². The average Bonchev–Trinajstić information content (AvgIpc) is 2.55. The van der Waals surface area contributed by atoms with Crippen LogP contribution in [-0.4, -0.2) is 21.0 Å². The smallest absolute Gasteiger partial charge is 0.0681 e. The lowest BCUT2D eigenvalue weighted by atomic mass is 9.85. The molecule has 1 heterocycles. The van der Waals surface area contributed by atoms with Crippen LogP contribution in [0.2, 0.25) is 0 Å². The van der Waals surface area contributed by atoms with Crippen LogP contribution < -0.4 is 0 Å². The van der Waals surface area contributed by atoms with Crippen LogP contribution in [0.25, 0.3) is 0 Å². The highest BCUT2D eigenvalue weighted by molar-refractivity contribution is 5.23. The van der Waals surface area contributed by atoms with Gasteiger partial charge in [-0.3, -0.25) is 4.68 Å². The highest BCUT2D eigenvalue weighted by Gasteiger charge is 2.34. The van der Waals surface area contributed by atoms with Gasteiger partial charge in [0, 0.05) is 16.5 Å². The summed E-state index contributed by atoms with van der Waals surface area (Å²) >= 11 is 0. The minimum Gasteiger partial charge on any atom is -0.393 e. The predicted molar refractivity (Wildman–Crippen MR) is 73.9 cm³/mol. The molecule has 1 aromatic rings. The summed E-state index contributed by atoms with van der Waals surface area (Å²) < 4.78 is 2.16. The van der Waals surface area contributed by atoms with E-state index in [-0.39, 0.29) is 16.9 Å². The maximum absolute atomic E-state index is 9.50. The molecule has 3 nitrogen and oxygen atoms in total. The number of rotatable bonds is 1. The van der Waals surface area contributed by atoms with Crippen molar-refractivity contribution in [3.8, 4) is 0 Å². The van der Waals surface area contributed by atoms with Crippen LogP contribution in [0.5, 0.6) is 0 Å². The average molecular weight is 250 g/mol. The van der Waals surface area contributed by atoms with Crippen LogP contribution in [0.3, 0.4) is 0 Å². The van der Waals surface area contributed by atoms with Gasteiger partial charge in [-0.05, 0) is 18.9 Å². The maximum atomic E-state index is 9.50. The first-order chi connectivity index (χ1) is 8.09. The quantitative estimate of drug-likeness (QED) is 0.831. The molecule has 3 heteroatoms. The second-order valence-corrected chi connectivity index (χ2v) is 7.64. The number of nitrogens with zero attached hydrogens (tertiary/aromatic N) is 2. The molecular formula is C15H26N2O. The van der Waals surface area contributed by atoms with Crippen molar-refractivity contribution in [1.82, 2.24) is 9.78 Å². The summed E-state index contributed by atoms with van der Waals surface area (Å²) in [5.41, 5.74) is 2.60. The Labute approximate surface area is 110 Å². The van der Waals surface area contributed by atoms with Gasteiger partial charge in [-0.2, -0.15) is 5.10 Å². The van der Waals surface area contributed by atoms with Crippen LogP contribution in [-0.2, 0) is 10.8 Å². The van der Waals surface area contributed by atoms with Gasteiger partial charge in [-0.1, -0.05) is 41.5 Å². The summed E-state index contributed by atoms with van der Waals surface area (Å²) in [5, 5.41) is 14.3. The van der Waals surface area contributed by atoms with Crippen molar-refractivity contribution >= 4 is 0 Å².